The number of carbonyl (C=O) groups excluding carboxylic acids is 1. The van der Waals surface area contributed by atoms with Crippen LogP contribution < -0.4 is 5.32 Å². The van der Waals surface area contributed by atoms with Gasteiger partial charge in [0, 0.05) is 44.1 Å². The normalized spacial score (nSPS) is 16.4. The molecule has 1 saturated heterocycles. The lowest BCUT2D eigenvalue weighted by Gasteiger charge is -2.34. The quantitative estimate of drug-likeness (QED) is 0.264. The third-order valence-electron chi connectivity index (χ3n) is 7.14. The van der Waals surface area contributed by atoms with Crippen LogP contribution in [0.1, 0.15) is 37.7 Å². The second-order valence-corrected chi connectivity index (χ2v) is 12.6. The molecule has 2 heterocycles. The maximum absolute atomic E-state index is 14.0. The number of halogens is 5. The van der Waals surface area contributed by atoms with Gasteiger partial charge in [0.1, 0.15) is 17.7 Å². The largest absolute Gasteiger partial charge is 0.467 e. The SMILES string of the molecule is COC(=O)[C@@H](Nc1nc(CN2CCN(S(=O)(=O)c3cc(C(C)(F)F)cc(C(F)(F)F)c3)CC2)nc2ccccc12)C(C)C. The molecule has 1 fully saturated rings. The number of para-hydroxylation sites is 1. The average Bonchev–Trinajstić information content (AvgIpc) is 2.94. The van der Waals surface area contributed by atoms with Crippen molar-refractivity contribution in [2.24, 2.45) is 5.92 Å². The van der Waals surface area contributed by atoms with Gasteiger partial charge in [0.15, 0.2) is 0 Å². The Morgan fingerprint density at radius 3 is 2.21 bits per heavy atom. The molecular formula is C28H32F5N5O4S. The number of ether oxygens (including phenoxy) is 1. The van der Waals surface area contributed by atoms with Gasteiger partial charge in [-0.1, -0.05) is 26.0 Å². The van der Waals surface area contributed by atoms with Crippen LogP contribution in [-0.2, 0) is 38.2 Å². The Morgan fingerprint density at radius 1 is 1.00 bits per heavy atom. The minimum atomic E-state index is -5.01. The number of rotatable bonds is 9. The van der Waals surface area contributed by atoms with Crippen molar-refractivity contribution in [1.29, 1.82) is 0 Å². The van der Waals surface area contributed by atoms with Crippen molar-refractivity contribution in [1.82, 2.24) is 19.2 Å². The molecule has 3 aromatic rings. The van der Waals surface area contributed by atoms with Crippen molar-refractivity contribution in [3.8, 4) is 0 Å². The Morgan fingerprint density at radius 2 is 1.63 bits per heavy atom. The van der Waals surface area contributed by atoms with E-state index in [2.05, 4.69) is 15.3 Å². The van der Waals surface area contributed by atoms with E-state index in [4.69, 9.17) is 4.74 Å². The lowest BCUT2D eigenvalue weighted by Crippen LogP contribution is -2.48. The number of piperazine rings is 1. The lowest BCUT2D eigenvalue weighted by atomic mass is 10.0. The van der Waals surface area contributed by atoms with Crippen molar-refractivity contribution in [2.45, 2.75) is 50.4 Å². The monoisotopic (exact) mass is 629 g/mol. The van der Waals surface area contributed by atoms with Crippen molar-refractivity contribution in [3.05, 3.63) is 59.4 Å². The molecule has 0 saturated carbocycles. The summed E-state index contributed by atoms with van der Waals surface area (Å²) in [6.07, 6.45) is -5.01. The van der Waals surface area contributed by atoms with Gasteiger partial charge in [0.25, 0.3) is 5.92 Å². The summed E-state index contributed by atoms with van der Waals surface area (Å²) in [5, 5.41) is 3.85. The second kappa shape index (κ2) is 12.3. The predicted molar refractivity (Wildman–Crippen MR) is 149 cm³/mol. The molecule has 1 N–H and O–H groups in total. The number of hydrogen-bond donors (Lipinski definition) is 1. The first-order chi connectivity index (χ1) is 20.0. The van der Waals surface area contributed by atoms with E-state index in [-0.39, 0.29) is 44.7 Å². The summed E-state index contributed by atoms with van der Waals surface area (Å²) in [7, 11) is -3.20. The third kappa shape index (κ3) is 7.39. The number of carbonyl (C=O) groups is 1. The van der Waals surface area contributed by atoms with Crippen molar-refractivity contribution in [2.75, 3.05) is 38.6 Å². The van der Waals surface area contributed by atoms with Crippen LogP contribution in [0.3, 0.4) is 0 Å². The Bertz CT molecular complexity index is 1550. The van der Waals surface area contributed by atoms with Gasteiger partial charge in [-0.15, -0.1) is 0 Å². The zero-order chi connectivity index (χ0) is 31.7. The number of nitrogens with zero attached hydrogens (tertiary/aromatic N) is 4. The molecule has 43 heavy (non-hydrogen) atoms. The molecule has 2 aromatic carbocycles. The molecule has 0 aliphatic carbocycles. The highest BCUT2D eigenvalue weighted by Crippen LogP contribution is 2.37. The number of methoxy groups -OCH3 is 1. The summed E-state index contributed by atoms with van der Waals surface area (Å²) < 4.78 is 101. The van der Waals surface area contributed by atoms with Gasteiger partial charge < -0.3 is 10.1 Å². The van der Waals surface area contributed by atoms with E-state index in [0.717, 1.165) is 4.31 Å². The molecule has 1 atom stereocenters. The van der Waals surface area contributed by atoms with Gasteiger partial charge in [0.2, 0.25) is 10.0 Å². The zero-order valence-corrected chi connectivity index (χ0v) is 24.8. The first-order valence-electron chi connectivity index (χ1n) is 13.4. The predicted octanol–water partition coefficient (Wildman–Crippen LogP) is 4.88. The van der Waals surface area contributed by atoms with Gasteiger partial charge in [-0.2, -0.15) is 17.5 Å². The average molecular weight is 630 g/mol. The second-order valence-electron chi connectivity index (χ2n) is 10.7. The first kappa shape index (κ1) is 32.5. The van der Waals surface area contributed by atoms with E-state index in [9.17, 15) is 35.2 Å². The Labute approximate surface area is 246 Å². The van der Waals surface area contributed by atoms with Crippen LogP contribution in [0.4, 0.5) is 27.8 Å². The fourth-order valence-corrected chi connectivity index (χ4v) is 6.21. The summed E-state index contributed by atoms with van der Waals surface area (Å²) >= 11 is 0. The fourth-order valence-electron chi connectivity index (χ4n) is 4.72. The van der Waals surface area contributed by atoms with E-state index >= 15 is 0 Å². The molecule has 4 rings (SSSR count). The van der Waals surface area contributed by atoms with Crippen molar-refractivity contribution in [3.63, 3.8) is 0 Å². The van der Waals surface area contributed by atoms with Crippen LogP contribution >= 0.6 is 0 Å². The smallest absolute Gasteiger partial charge is 0.416 e. The van der Waals surface area contributed by atoms with Gasteiger partial charge in [-0.25, -0.2) is 32.0 Å². The summed E-state index contributed by atoms with van der Waals surface area (Å²) in [5.41, 5.74) is -1.88. The first-order valence-corrected chi connectivity index (χ1v) is 14.9. The molecule has 0 bridgehead atoms. The number of aromatic nitrogens is 2. The molecule has 234 valence electrons. The van der Waals surface area contributed by atoms with Gasteiger partial charge >= 0.3 is 12.1 Å². The minimum absolute atomic E-state index is 0.0904. The minimum Gasteiger partial charge on any atom is -0.467 e. The van der Waals surface area contributed by atoms with E-state index in [1.807, 2.05) is 30.9 Å². The number of hydrogen-bond acceptors (Lipinski definition) is 8. The number of nitrogens with one attached hydrogen (secondary N) is 1. The van der Waals surface area contributed by atoms with Gasteiger partial charge in [-0.3, -0.25) is 4.90 Å². The number of esters is 1. The molecule has 0 unspecified atom stereocenters. The van der Waals surface area contributed by atoms with E-state index in [0.29, 0.717) is 41.6 Å². The van der Waals surface area contributed by atoms with E-state index in [1.54, 1.807) is 12.1 Å². The lowest BCUT2D eigenvalue weighted by molar-refractivity contribution is -0.142. The molecule has 0 amide bonds. The number of sulfonamides is 1. The molecule has 0 radical (unpaired) electrons. The summed E-state index contributed by atoms with van der Waals surface area (Å²) in [6.45, 7) is 4.54. The summed E-state index contributed by atoms with van der Waals surface area (Å²) in [6, 6.07) is 7.79. The molecule has 15 heteroatoms. The highest BCUT2D eigenvalue weighted by molar-refractivity contribution is 7.89. The number of alkyl halides is 5. The number of fused-ring (bicyclic) bond motifs is 1. The topological polar surface area (TPSA) is 105 Å². The molecule has 1 aromatic heterocycles. The molecule has 1 aliphatic heterocycles. The third-order valence-corrected chi connectivity index (χ3v) is 9.01. The van der Waals surface area contributed by atoms with Crippen LogP contribution in [-0.4, -0.2) is 72.9 Å². The standard InChI is InChI=1S/C28H32F5N5O4S/c1-17(2)24(26(39)42-4)36-25-21-7-5-6-8-22(21)34-23(35-25)16-37-9-11-38(12-10-37)43(40,41)20-14-18(27(3,29)30)13-19(15-20)28(31,32)33/h5-8,13-15,17,24H,9-12,16H2,1-4H3,(H,34,35,36)/t24-/m0/s1. The van der Waals surface area contributed by atoms with Crippen LogP contribution in [0, 0.1) is 5.92 Å². The molecule has 1 aliphatic rings. The summed E-state index contributed by atoms with van der Waals surface area (Å²) in [5.74, 6) is -3.41. The van der Waals surface area contributed by atoms with Crippen LogP contribution in [0.25, 0.3) is 10.9 Å². The molecular weight excluding hydrogens is 597 g/mol. The van der Waals surface area contributed by atoms with E-state index < -0.39 is 50.2 Å². The number of anilines is 1. The van der Waals surface area contributed by atoms with Crippen LogP contribution in [0.5, 0.6) is 0 Å². The number of benzene rings is 2. The zero-order valence-electron chi connectivity index (χ0n) is 24.0. The maximum Gasteiger partial charge on any atom is 0.416 e. The molecule has 0 spiro atoms. The Balaban J connectivity index is 1.54. The highest BCUT2D eigenvalue weighted by Gasteiger charge is 2.38. The highest BCUT2D eigenvalue weighted by atomic mass is 32.2. The fraction of sp³-hybridized carbons (Fsp3) is 0.464. The van der Waals surface area contributed by atoms with Crippen molar-refractivity contribution >= 4 is 32.7 Å². The van der Waals surface area contributed by atoms with Crippen molar-refractivity contribution < 1.29 is 39.9 Å². The van der Waals surface area contributed by atoms with Gasteiger partial charge in [0.05, 0.1) is 29.6 Å². The maximum atomic E-state index is 14.0. The Hall–Kier alpha value is -3.43. The molecule has 9 nitrogen and oxygen atoms in total. The van der Waals surface area contributed by atoms with Crippen LogP contribution in [0.2, 0.25) is 0 Å². The summed E-state index contributed by atoms with van der Waals surface area (Å²) in [4.78, 5) is 22.6. The van der Waals surface area contributed by atoms with Gasteiger partial charge in [-0.05, 0) is 36.2 Å². The Kier molecular flexibility index (Phi) is 9.28. The van der Waals surface area contributed by atoms with E-state index in [1.165, 1.54) is 7.11 Å². The van der Waals surface area contributed by atoms with Crippen LogP contribution in [0.15, 0.2) is 47.4 Å².